The number of carboxylic acids is 1. The van der Waals surface area contributed by atoms with Crippen molar-refractivity contribution in [3.8, 4) is 0 Å². The van der Waals surface area contributed by atoms with Crippen molar-refractivity contribution >= 4 is 5.97 Å². The van der Waals surface area contributed by atoms with E-state index >= 15 is 0 Å². The molecule has 78 valence electrons. The second-order valence-electron chi connectivity index (χ2n) is 3.89. The lowest BCUT2D eigenvalue weighted by molar-refractivity contribution is -0.134. The van der Waals surface area contributed by atoms with Crippen LogP contribution in [0, 0.1) is 11.8 Å². The van der Waals surface area contributed by atoms with Crippen molar-refractivity contribution in [2.24, 2.45) is 17.6 Å². The molecule has 3 heteroatoms. The van der Waals surface area contributed by atoms with Crippen molar-refractivity contribution in [3.05, 3.63) is 0 Å². The van der Waals surface area contributed by atoms with Crippen LogP contribution in [0.5, 0.6) is 0 Å². The van der Waals surface area contributed by atoms with Gasteiger partial charge in [-0.05, 0) is 31.2 Å². The van der Waals surface area contributed by atoms with Crippen LogP contribution in [0.15, 0.2) is 0 Å². The van der Waals surface area contributed by atoms with Crippen molar-refractivity contribution in [1.29, 1.82) is 0 Å². The number of aliphatic carboxylic acids is 1. The van der Waals surface area contributed by atoms with Crippen molar-refractivity contribution in [2.75, 3.05) is 6.54 Å². The minimum atomic E-state index is -0.833. The highest BCUT2D eigenvalue weighted by molar-refractivity contribution is 5.62. The Labute approximate surface area is 80.3 Å². The lowest BCUT2D eigenvalue weighted by Gasteiger charge is -2.25. The molecule has 0 aromatic heterocycles. The van der Waals surface area contributed by atoms with E-state index in [9.17, 15) is 0 Å². The average Bonchev–Trinajstić information content (AvgIpc) is 2.03. The Morgan fingerprint density at radius 1 is 1.54 bits per heavy atom. The second kappa shape index (κ2) is 6.89. The SMILES string of the molecule is CC(=O)O.C[C@@H]1CCC[C@H](CN)C1. The highest BCUT2D eigenvalue weighted by Gasteiger charge is 2.16. The monoisotopic (exact) mass is 187 g/mol. The number of carboxylic acid groups (broad SMARTS) is 1. The minimum absolute atomic E-state index is 0.833. The fraction of sp³-hybridized carbons (Fsp3) is 0.900. The van der Waals surface area contributed by atoms with E-state index < -0.39 is 5.97 Å². The van der Waals surface area contributed by atoms with Crippen LogP contribution in [0.4, 0.5) is 0 Å². The molecule has 1 rings (SSSR count). The van der Waals surface area contributed by atoms with Crippen LogP contribution in [0.3, 0.4) is 0 Å². The van der Waals surface area contributed by atoms with Crippen LogP contribution in [0.1, 0.15) is 39.5 Å². The summed E-state index contributed by atoms with van der Waals surface area (Å²) >= 11 is 0. The molecular weight excluding hydrogens is 166 g/mol. The van der Waals surface area contributed by atoms with Crippen molar-refractivity contribution in [2.45, 2.75) is 39.5 Å². The van der Waals surface area contributed by atoms with E-state index in [1.165, 1.54) is 25.7 Å². The number of rotatable bonds is 1. The molecule has 2 atom stereocenters. The molecule has 1 aliphatic rings. The van der Waals surface area contributed by atoms with Gasteiger partial charge in [-0.15, -0.1) is 0 Å². The first-order valence-corrected chi connectivity index (χ1v) is 4.95. The fourth-order valence-corrected chi connectivity index (χ4v) is 1.77. The summed E-state index contributed by atoms with van der Waals surface area (Å²) < 4.78 is 0. The molecule has 0 radical (unpaired) electrons. The van der Waals surface area contributed by atoms with Gasteiger partial charge in [0.15, 0.2) is 0 Å². The van der Waals surface area contributed by atoms with E-state index in [-0.39, 0.29) is 0 Å². The van der Waals surface area contributed by atoms with Crippen LogP contribution in [0.25, 0.3) is 0 Å². The molecular formula is C10H21NO2. The zero-order valence-electron chi connectivity index (χ0n) is 8.62. The van der Waals surface area contributed by atoms with E-state index in [4.69, 9.17) is 15.6 Å². The summed E-state index contributed by atoms with van der Waals surface area (Å²) in [5.74, 6) is 0.945. The summed E-state index contributed by atoms with van der Waals surface area (Å²) in [7, 11) is 0. The van der Waals surface area contributed by atoms with Crippen molar-refractivity contribution in [3.63, 3.8) is 0 Å². The molecule has 3 N–H and O–H groups in total. The Morgan fingerprint density at radius 3 is 2.38 bits per heavy atom. The Balaban J connectivity index is 0.000000310. The smallest absolute Gasteiger partial charge is 0.300 e. The molecule has 0 aromatic carbocycles. The minimum Gasteiger partial charge on any atom is -0.481 e. The van der Waals surface area contributed by atoms with Gasteiger partial charge in [0.1, 0.15) is 0 Å². The van der Waals surface area contributed by atoms with Gasteiger partial charge in [0, 0.05) is 6.92 Å². The zero-order chi connectivity index (χ0) is 10.3. The van der Waals surface area contributed by atoms with Gasteiger partial charge in [-0.1, -0.05) is 19.8 Å². The maximum absolute atomic E-state index is 9.00. The van der Waals surface area contributed by atoms with Gasteiger partial charge in [0.05, 0.1) is 0 Å². The Morgan fingerprint density at radius 2 is 2.08 bits per heavy atom. The molecule has 0 aromatic rings. The van der Waals surface area contributed by atoms with Crippen LogP contribution in [-0.4, -0.2) is 17.6 Å². The van der Waals surface area contributed by atoms with E-state index in [1.807, 2.05) is 0 Å². The predicted molar refractivity (Wildman–Crippen MR) is 53.5 cm³/mol. The third-order valence-corrected chi connectivity index (χ3v) is 2.38. The average molecular weight is 187 g/mol. The highest BCUT2D eigenvalue weighted by Crippen LogP contribution is 2.27. The largest absolute Gasteiger partial charge is 0.481 e. The molecule has 13 heavy (non-hydrogen) atoms. The summed E-state index contributed by atoms with van der Waals surface area (Å²) in [6.07, 6.45) is 5.58. The number of hydrogen-bond acceptors (Lipinski definition) is 2. The maximum Gasteiger partial charge on any atom is 0.300 e. The number of hydrogen-bond donors (Lipinski definition) is 2. The summed E-state index contributed by atoms with van der Waals surface area (Å²) in [6.45, 7) is 4.33. The molecule has 1 aliphatic carbocycles. The molecule has 1 saturated carbocycles. The van der Waals surface area contributed by atoms with Gasteiger partial charge >= 0.3 is 0 Å². The molecule has 0 aliphatic heterocycles. The standard InChI is InChI=1S/C8H17N.C2H4O2/c1-7-3-2-4-8(5-7)6-9;1-2(3)4/h7-8H,2-6,9H2,1H3;1H3,(H,3,4)/t7-,8+;/m1./s1. The van der Waals surface area contributed by atoms with Gasteiger partial charge in [0.25, 0.3) is 5.97 Å². The van der Waals surface area contributed by atoms with E-state index in [0.717, 1.165) is 25.3 Å². The van der Waals surface area contributed by atoms with Gasteiger partial charge in [-0.2, -0.15) is 0 Å². The summed E-state index contributed by atoms with van der Waals surface area (Å²) in [4.78, 5) is 9.00. The molecule has 3 nitrogen and oxygen atoms in total. The van der Waals surface area contributed by atoms with Crippen LogP contribution >= 0.6 is 0 Å². The molecule has 0 saturated heterocycles. The summed E-state index contributed by atoms with van der Waals surface area (Å²) in [5.41, 5.74) is 5.57. The van der Waals surface area contributed by atoms with Crippen LogP contribution in [-0.2, 0) is 4.79 Å². The molecule has 0 spiro atoms. The van der Waals surface area contributed by atoms with E-state index in [2.05, 4.69) is 6.92 Å². The third kappa shape index (κ3) is 7.78. The number of carbonyl (C=O) groups is 1. The second-order valence-corrected chi connectivity index (χ2v) is 3.89. The maximum atomic E-state index is 9.00. The lowest BCUT2D eigenvalue weighted by Crippen LogP contribution is -2.20. The summed E-state index contributed by atoms with van der Waals surface area (Å²) in [6, 6.07) is 0. The van der Waals surface area contributed by atoms with E-state index in [0.29, 0.717) is 0 Å². The molecule has 0 heterocycles. The van der Waals surface area contributed by atoms with Gasteiger partial charge < -0.3 is 10.8 Å². The quantitative estimate of drug-likeness (QED) is 0.658. The fourth-order valence-electron chi connectivity index (χ4n) is 1.77. The van der Waals surface area contributed by atoms with Crippen LogP contribution < -0.4 is 5.73 Å². The Bertz CT molecular complexity index is 144. The molecule has 0 bridgehead atoms. The molecule has 1 fully saturated rings. The normalized spacial score (nSPS) is 27.3. The van der Waals surface area contributed by atoms with Crippen molar-refractivity contribution < 1.29 is 9.90 Å². The first-order valence-electron chi connectivity index (χ1n) is 4.95. The van der Waals surface area contributed by atoms with E-state index in [1.54, 1.807) is 0 Å². The van der Waals surface area contributed by atoms with Crippen LogP contribution in [0.2, 0.25) is 0 Å². The predicted octanol–water partition coefficient (Wildman–Crippen LogP) is 1.86. The topological polar surface area (TPSA) is 63.3 Å². The first-order chi connectivity index (χ1) is 6.06. The zero-order valence-corrected chi connectivity index (χ0v) is 8.62. The highest BCUT2D eigenvalue weighted by atomic mass is 16.4. The third-order valence-electron chi connectivity index (χ3n) is 2.38. The van der Waals surface area contributed by atoms with Gasteiger partial charge in [-0.25, -0.2) is 0 Å². The Hall–Kier alpha value is -0.570. The lowest BCUT2D eigenvalue weighted by atomic mass is 9.83. The molecule has 0 amide bonds. The van der Waals surface area contributed by atoms with Crippen molar-refractivity contribution in [1.82, 2.24) is 0 Å². The summed E-state index contributed by atoms with van der Waals surface area (Å²) in [5, 5.41) is 7.42. The molecule has 0 unspecified atom stereocenters. The number of nitrogens with two attached hydrogens (primary N) is 1. The first kappa shape index (κ1) is 12.4. The van der Waals surface area contributed by atoms with Gasteiger partial charge in [0.2, 0.25) is 0 Å². The Kier molecular flexibility index (Phi) is 6.59. The van der Waals surface area contributed by atoms with Gasteiger partial charge in [-0.3, -0.25) is 4.79 Å².